The predicted octanol–water partition coefficient (Wildman–Crippen LogP) is 0.621. The Labute approximate surface area is 73.0 Å². The third-order valence-corrected chi connectivity index (χ3v) is 1.73. The minimum Gasteiger partial charge on any atom is -0.319 e. The SMILES string of the molecule is CNCCc1ncnn1C(C)C. The number of hydrogen-bond donors (Lipinski definition) is 1. The molecule has 1 heterocycles. The summed E-state index contributed by atoms with van der Waals surface area (Å²) >= 11 is 0. The Kier molecular flexibility index (Phi) is 3.22. The van der Waals surface area contributed by atoms with Crippen molar-refractivity contribution in [1.82, 2.24) is 20.1 Å². The normalized spacial score (nSPS) is 11.0. The van der Waals surface area contributed by atoms with Crippen molar-refractivity contribution in [2.75, 3.05) is 13.6 Å². The van der Waals surface area contributed by atoms with E-state index in [-0.39, 0.29) is 0 Å². The molecule has 4 heteroatoms. The van der Waals surface area contributed by atoms with Gasteiger partial charge in [-0.2, -0.15) is 5.10 Å². The average molecular weight is 168 g/mol. The number of rotatable bonds is 4. The number of likely N-dealkylation sites (N-methyl/N-ethyl adjacent to an activating group) is 1. The fraction of sp³-hybridized carbons (Fsp3) is 0.750. The Bertz CT molecular complexity index is 229. The van der Waals surface area contributed by atoms with E-state index in [9.17, 15) is 0 Å². The summed E-state index contributed by atoms with van der Waals surface area (Å²) in [4.78, 5) is 4.19. The Morgan fingerprint density at radius 2 is 2.33 bits per heavy atom. The van der Waals surface area contributed by atoms with Crippen molar-refractivity contribution < 1.29 is 0 Å². The van der Waals surface area contributed by atoms with E-state index in [1.807, 2.05) is 11.7 Å². The molecule has 1 aromatic rings. The number of nitrogens with one attached hydrogen (secondary N) is 1. The van der Waals surface area contributed by atoms with E-state index in [4.69, 9.17) is 0 Å². The van der Waals surface area contributed by atoms with E-state index in [0.717, 1.165) is 18.8 Å². The molecule has 1 N–H and O–H groups in total. The minimum atomic E-state index is 0.402. The van der Waals surface area contributed by atoms with Gasteiger partial charge in [0.05, 0.1) is 0 Å². The lowest BCUT2D eigenvalue weighted by Crippen LogP contribution is -2.15. The fourth-order valence-corrected chi connectivity index (χ4v) is 1.12. The maximum atomic E-state index is 4.19. The molecule has 0 aliphatic rings. The van der Waals surface area contributed by atoms with Gasteiger partial charge in [0.2, 0.25) is 0 Å². The van der Waals surface area contributed by atoms with Crippen LogP contribution in [0.5, 0.6) is 0 Å². The molecule has 0 saturated carbocycles. The topological polar surface area (TPSA) is 42.7 Å². The standard InChI is InChI=1S/C8H16N4/c1-7(2)12-8(4-5-9-3)10-6-11-12/h6-7,9H,4-5H2,1-3H3. The lowest BCUT2D eigenvalue weighted by molar-refractivity contribution is 0.502. The van der Waals surface area contributed by atoms with Crippen LogP contribution in [0.1, 0.15) is 25.7 Å². The van der Waals surface area contributed by atoms with Gasteiger partial charge in [-0.25, -0.2) is 9.67 Å². The lowest BCUT2D eigenvalue weighted by atomic mass is 10.3. The average Bonchev–Trinajstić information content (AvgIpc) is 2.48. The van der Waals surface area contributed by atoms with Crippen molar-refractivity contribution in [2.45, 2.75) is 26.3 Å². The number of nitrogens with zero attached hydrogens (tertiary/aromatic N) is 3. The summed E-state index contributed by atoms with van der Waals surface area (Å²) < 4.78 is 1.96. The van der Waals surface area contributed by atoms with Crippen LogP contribution >= 0.6 is 0 Å². The highest BCUT2D eigenvalue weighted by Crippen LogP contribution is 2.04. The smallest absolute Gasteiger partial charge is 0.138 e. The van der Waals surface area contributed by atoms with Gasteiger partial charge in [-0.3, -0.25) is 0 Å². The summed E-state index contributed by atoms with van der Waals surface area (Å²) in [6, 6.07) is 0.402. The van der Waals surface area contributed by atoms with Crippen LogP contribution in [-0.2, 0) is 6.42 Å². The molecule has 1 rings (SSSR count). The van der Waals surface area contributed by atoms with Crippen molar-refractivity contribution in [3.63, 3.8) is 0 Å². The van der Waals surface area contributed by atoms with Gasteiger partial charge in [-0.15, -0.1) is 0 Å². The highest BCUT2D eigenvalue weighted by atomic mass is 15.3. The second-order valence-corrected chi connectivity index (χ2v) is 3.07. The maximum absolute atomic E-state index is 4.19. The van der Waals surface area contributed by atoms with Gasteiger partial charge in [0.1, 0.15) is 12.2 Å². The van der Waals surface area contributed by atoms with Crippen LogP contribution in [0.15, 0.2) is 6.33 Å². The van der Waals surface area contributed by atoms with Crippen LogP contribution < -0.4 is 5.32 Å². The van der Waals surface area contributed by atoms with E-state index in [0.29, 0.717) is 6.04 Å². The predicted molar refractivity (Wildman–Crippen MR) is 48.0 cm³/mol. The zero-order chi connectivity index (χ0) is 8.97. The first-order valence-corrected chi connectivity index (χ1v) is 4.28. The zero-order valence-electron chi connectivity index (χ0n) is 7.91. The molecule has 0 spiro atoms. The first kappa shape index (κ1) is 9.19. The van der Waals surface area contributed by atoms with Crippen molar-refractivity contribution in [2.24, 2.45) is 0 Å². The molecule has 0 fully saturated rings. The van der Waals surface area contributed by atoms with Crippen LogP contribution in [-0.4, -0.2) is 28.4 Å². The van der Waals surface area contributed by atoms with Gasteiger partial charge >= 0.3 is 0 Å². The number of aromatic nitrogens is 3. The van der Waals surface area contributed by atoms with E-state index in [1.165, 1.54) is 0 Å². The lowest BCUT2D eigenvalue weighted by Gasteiger charge is -2.08. The van der Waals surface area contributed by atoms with Crippen molar-refractivity contribution >= 4 is 0 Å². The molecular formula is C8H16N4. The third-order valence-electron chi connectivity index (χ3n) is 1.73. The summed E-state index contributed by atoms with van der Waals surface area (Å²) in [5.41, 5.74) is 0. The van der Waals surface area contributed by atoms with E-state index in [2.05, 4.69) is 29.2 Å². The summed E-state index contributed by atoms with van der Waals surface area (Å²) in [7, 11) is 1.94. The van der Waals surface area contributed by atoms with Gasteiger partial charge in [0.15, 0.2) is 0 Å². The molecule has 0 aromatic carbocycles. The summed E-state index contributed by atoms with van der Waals surface area (Å²) in [6.45, 7) is 5.17. The van der Waals surface area contributed by atoms with E-state index < -0.39 is 0 Å². The van der Waals surface area contributed by atoms with Gasteiger partial charge in [0.25, 0.3) is 0 Å². The van der Waals surface area contributed by atoms with Gasteiger partial charge in [0, 0.05) is 19.0 Å². The molecule has 0 aliphatic carbocycles. The summed E-state index contributed by atoms with van der Waals surface area (Å²) in [5.74, 6) is 1.05. The molecule has 68 valence electrons. The number of hydrogen-bond acceptors (Lipinski definition) is 3. The molecular weight excluding hydrogens is 152 g/mol. The maximum Gasteiger partial charge on any atom is 0.138 e. The highest BCUT2D eigenvalue weighted by Gasteiger charge is 2.05. The Morgan fingerprint density at radius 3 is 2.92 bits per heavy atom. The van der Waals surface area contributed by atoms with Crippen molar-refractivity contribution in [1.29, 1.82) is 0 Å². The molecule has 0 amide bonds. The molecule has 0 radical (unpaired) electrons. The molecule has 4 nitrogen and oxygen atoms in total. The second kappa shape index (κ2) is 4.21. The van der Waals surface area contributed by atoms with Gasteiger partial charge in [-0.1, -0.05) is 0 Å². The van der Waals surface area contributed by atoms with Crippen molar-refractivity contribution in [3.8, 4) is 0 Å². The van der Waals surface area contributed by atoms with Crippen LogP contribution in [0, 0.1) is 0 Å². The highest BCUT2D eigenvalue weighted by molar-refractivity contribution is 4.86. The third kappa shape index (κ3) is 2.04. The van der Waals surface area contributed by atoms with Crippen molar-refractivity contribution in [3.05, 3.63) is 12.2 Å². The fourth-order valence-electron chi connectivity index (χ4n) is 1.12. The quantitative estimate of drug-likeness (QED) is 0.716. The molecule has 0 unspecified atom stereocenters. The molecule has 0 aliphatic heterocycles. The molecule has 0 bridgehead atoms. The Morgan fingerprint density at radius 1 is 1.58 bits per heavy atom. The summed E-state index contributed by atoms with van der Waals surface area (Å²) in [5, 5.41) is 7.24. The van der Waals surface area contributed by atoms with Crippen LogP contribution in [0.2, 0.25) is 0 Å². The molecule has 0 atom stereocenters. The summed E-state index contributed by atoms with van der Waals surface area (Å²) in [6.07, 6.45) is 2.56. The monoisotopic (exact) mass is 168 g/mol. The van der Waals surface area contributed by atoms with E-state index >= 15 is 0 Å². The van der Waals surface area contributed by atoms with Crippen LogP contribution in [0.4, 0.5) is 0 Å². The first-order chi connectivity index (χ1) is 5.75. The Balaban J connectivity index is 2.64. The second-order valence-electron chi connectivity index (χ2n) is 3.07. The van der Waals surface area contributed by atoms with Crippen LogP contribution in [0.25, 0.3) is 0 Å². The van der Waals surface area contributed by atoms with E-state index in [1.54, 1.807) is 6.33 Å². The van der Waals surface area contributed by atoms with Crippen LogP contribution in [0.3, 0.4) is 0 Å². The first-order valence-electron chi connectivity index (χ1n) is 4.28. The molecule has 0 saturated heterocycles. The Hall–Kier alpha value is -0.900. The van der Waals surface area contributed by atoms with Gasteiger partial charge in [-0.05, 0) is 20.9 Å². The molecule has 1 aromatic heterocycles. The minimum absolute atomic E-state index is 0.402. The largest absolute Gasteiger partial charge is 0.319 e. The van der Waals surface area contributed by atoms with Gasteiger partial charge < -0.3 is 5.32 Å². The zero-order valence-corrected chi connectivity index (χ0v) is 7.91. The molecule has 12 heavy (non-hydrogen) atoms.